The Morgan fingerprint density at radius 1 is 0.579 bits per heavy atom. The van der Waals surface area contributed by atoms with Crippen LogP contribution < -0.4 is 5.73 Å². The zero-order chi connectivity index (χ0) is 14.0. The second kappa shape index (κ2) is 18.0. The molecule has 0 aliphatic carbocycles. The highest BCUT2D eigenvalue weighted by Gasteiger charge is 1.94. The molecule has 2 N–H and O–H groups in total. The number of hydrogen-bond acceptors (Lipinski definition) is 1. The molecule has 0 atom stereocenters. The van der Waals surface area contributed by atoms with Gasteiger partial charge in [0.25, 0.3) is 0 Å². The number of hydrogen-bond donors (Lipinski definition) is 1. The molecule has 0 amide bonds. The van der Waals surface area contributed by atoms with Crippen LogP contribution in [0.25, 0.3) is 0 Å². The van der Waals surface area contributed by atoms with Crippen LogP contribution in [0.2, 0.25) is 0 Å². The highest BCUT2D eigenvalue weighted by molar-refractivity contribution is 4.64. The van der Waals surface area contributed by atoms with Crippen molar-refractivity contribution in [3.63, 3.8) is 0 Å². The Morgan fingerprint density at radius 3 is 1.47 bits per heavy atom. The maximum absolute atomic E-state index is 5.47. The summed E-state index contributed by atoms with van der Waals surface area (Å²) in [5.74, 6) is 0. The smallest absolute Gasteiger partial charge is 0.00773 e. The van der Waals surface area contributed by atoms with Gasteiger partial charge in [-0.3, -0.25) is 0 Å². The van der Waals surface area contributed by atoms with E-state index in [0.29, 0.717) is 0 Å². The molecule has 1 heteroatoms. The van der Waals surface area contributed by atoms with Crippen LogP contribution in [0.3, 0.4) is 0 Å². The molecule has 0 saturated carbocycles. The Kier molecular flexibility index (Phi) is 17.9. The van der Waals surface area contributed by atoms with Crippen molar-refractivity contribution in [1.82, 2.24) is 0 Å². The Morgan fingerprint density at radius 2 is 1.00 bits per heavy atom. The molecule has 0 unspecified atom stereocenters. The molecule has 115 valence electrons. The molecular weight excluding hydrogens is 230 g/mol. The highest BCUT2D eigenvalue weighted by atomic mass is 14.5. The summed E-state index contributed by atoms with van der Waals surface area (Å²) in [6.07, 6.45) is 23.4. The van der Waals surface area contributed by atoms with Crippen LogP contribution in [0.15, 0.2) is 0 Å². The molecule has 19 heavy (non-hydrogen) atoms. The summed E-state index contributed by atoms with van der Waals surface area (Å²) >= 11 is 0. The van der Waals surface area contributed by atoms with Crippen molar-refractivity contribution in [2.75, 3.05) is 6.54 Å². The summed E-state index contributed by atoms with van der Waals surface area (Å²) in [5, 5.41) is 0. The van der Waals surface area contributed by atoms with Gasteiger partial charge >= 0.3 is 0 Å². The van der Waals surface area contributed by atoms with Crippen LogP contribution in [-0.2, 0) is 0 Å². The van der Waals surface area contributed by atoms with Crippen LogP contribution in [0.1, 0.15) is 103 Å². The molecular formula is C18H38N. The van der Waals surface area contributed by atoms with Gasteiger partial charge in [-0.15, -0.1) is 0 Å². The molecule has 0 saturated heterocycles. The fraction of sp³-hybridized carbons (Fsp3) is 0.944. The van der Waals surface area contributed by atoms with Gasteiger partial charge in [0, 0.05) is 0 Å². The minimum Gasteiger partial charge on any atom is -0.330 e. The molecule has 1 radical (unpaired) electrons. The van der Waals surface area contributed by atoms with E-state index in [0.717, 1.165) is 6.54 Å². The largest absolute Gasteiger partial charge is 0.330 e. The minimum atomic E-state index is 0.853. The van der Waals surface area contributed by atoms with Gasteiger partial charge in [0.2, 0.25) is 0 Å². The lowest BCUT2D eigenvalue weighted by Crippen LogP contribution is -1.97. The van der Waals surface area contributed by atoms with Crippen LogP contribution in [0.5, 0.6) is 0 Å². The van der Waals surface area contributed by atoms with Crippen LogP contribution in [-0.4, -0.2) is 6.54 Å². The zero-order valence-electron chi connectivity index (χ0n) is 13.5. The van der Waals surface area contributed by atoms with Crippen molar-refractivity contribution >= 4 is 0 Å². The minimum absolute atomic E-state index is 0.853. The zero-order valence-corrected chi connectivity index (χ0v) is 13.5. The average molecular weight is 269 g/mol. The van der Waals surface area contributed by atoms with E-state index < -0.39 is 0 Å². The molecule has 1 nitrogen and oxygen atoms in total. The van der Waals surface area contributed by atoms with E-state index >= 15 is 0 Å². The lowest BCUT2D eigenvalue weighted by molar-refractivity contribution is 0.547. The fourth-order valence-electron chi connectivity index (χ4n) is 2.53. The first kappa shape index (κ1) is 19.0. The molecule has 0 rings (SSSR count). The van der Waals surface area contributed by atoms with Gasteiger partial charge in [0.1, 0.15) is 0 Å². The van der Waals surface area contributed by atoms with E-state index in [9.17, 15) is 0 Å². The van der Waals surface area contributed by atoms with Crippen LogP contribution in [0, 0.1) is 6.42 Å². The Labute approximate surface area is 122 Å². The third-order valence-electron chi connectivity index (χ3n) is 3.87. The number of unbranched alkanes of at least 4 members (excludes halogenated alkanes) is 15. The van der Waals surface area contributed by atoms with Crippen LogP contribution in [0.4, 0.5) is 0 Å². The van der Waals surface area contributed by atoms with E-state index in [-0.39, 0.29) is 0 Å². The van der Waals surface area contributed by atoms with Crippen molar-refractivity contribution in [3.05, 3.63) is 6.42 Å². The van der Waals surface area contributed by atoms with E-state index in [2.05, 4.69) is 13.3 Å². The molecule has 0 aliphatic heterocycles. The third-order valence-corrected chi connectivity index (χ3v) is 3.87. The fourth-order valence-corrected chi connectivity index (χ4v) is 2.53. The molecule has 0 aliphatic rings. The van der Waals surface area contributed by atoms with Crippen LogP contribution >= 0.6 is 0 Å². The van der Waals surface area contributed by atoms with Crippen molar-refractivity contribution in [2.45, 2.75) is 103 Å². The molecule has 0 aromatic carbocycles. The second-order valence-electron chi connectivity index (χ2n) is 5.90. The Hall–Kier alpha value is -0.0400. The Balaban J connectivity index is 2.88. The van der Waals surface area contributed by atoms with E-state index in [4.69, 9.17) is 5.73 Å². The normalized spacial score (nSPS) is 11.1. The first-order valence-corrected chi connectivity index (χ1v) is 8.93. The summed E-state index contributed by atoms with van der Waals surface area (Å²) in [6.45, 7) is 3.14. The molecule has 0 fully saturated rings. The Bertz CT molecular complexity index is 129. The topological polar surface area (TPSA) is 26.0 Å². The van der Waals surface area contributed by atoms with Gasteiger partial charge in [-0.2, -0.15) is 0 Å². The maximum atomic E-state index is 5.47. The van der Waals surface area contributed by atoms with Gasteiger partial charge in [-0.05, 0) is 19.4 Å². The summed E-state index contributed by atoms with van der Waals surface area (Å²) in [5.41, 5.74) is 5.47. The first-order valence-electron chi connectivity index (χ1n) is 8.93. The summed E-state index contributed by atoms with van der Waals surface area (Å²) in [6, 6.07) is 0. The van der Waals surface area contributed by atoms with E-state index in [1.54, 1.807) is 0 Å². The SMILES string of the molecule is CCCCCCCCCCCCC[CH]CCCCN. The van der Waals surface area contributed by atoms with Gasteiger partial charge in [-0.25, -0.2) is 0 Å². The van der Waals surface area contributed by atoms with E-state index in [1.807, 2.05) is 0 Å². The molecule has 0 aromatic rings. The maximum Gasteiger partial charge on any atom is -0.00773 e. The van der Waals surface area contributed by atoms with Crippen molar-refractivity contribution in [3.8, 4) is 0 Å². The molecule has 0 bridgehead atoms. The second-order valence-corrected chi connectivity index (χ2v) is 5.90. The summed E-state index contributed by atoms with van der Waals surface area (Å²) < 4.78 is 0. The van der Waals surface area contributed by atoms with Gasteiger partial charge in [0.05, 0.1) is 0 Å². The first-order chi connectivity index (χ1) is 9.41. The third kappa shape index (κ3) is 18.0. The highest BCUT2D eigenvalue weighted by Crippen LogP contribution is 2.13. The average Bonchev–Trinajstić information content (AvgIpc) is 2.43. The van der Waals surface area contributed by atoms with E-state index in [1.165, 1.54) is 96.3 Å². The van der Waals surface area contributed by atoms with Crippen molar-refractivity contribution in [1.29, 1.82) is 0 Å². The van der Waals surface area contributed by atoms with Crippen molar-refractivity contribution < 1.29 is 0 Å². The standard InChI is InChI=1S/C18H38N/c1-2-3-4-5-6-7-8-9-10-11-12-13-14-15-16-17-18-19/h14H,2-13,15-19H2,1H3. The number of nitrogens with two attached hydrogens (primary N) is 1. The monoisotopic (exact) mass is 268 g/mol. The molecule has 0 heterocycles. The van der Waals surface area contributed by atoms with Gasteiger partial charge < -0.3 is 5.73 Å². The number of rotatable bonds is 16. The van der Waals surface area contributed by atoms with Gasteiger partial charge in [-0.1, -0.05) is 96.8 Å². The lowest BCUT2D eigenvalue weighted by atomic mass is 10.0. The molecule has 0 aromatic heterocycles. The lowest BCUT2D eigenvalue weighted by Gasteiger charge is -2.03. The predicted octanol–water partition coefficient (Wildman–Crippen LogP) is 6.02. The summed E-state index contributed by atoms with van der Waals surface area (Å²) in [4.78, 5) is 0. The quantitative estimate of drug-likeness (QED) is 0.340. The predicted molar refractivity (Wildman–Crippen MR) is 88.3 cm³/mol. The van der Waals surface area contributed by atoms with Gasteiger partial charge in [0.15, 0.2) is 0 Å². The van der Waals surface area contributed by atoms with Crippen molar-refractivity contribution in [2.24, 2.45) is 5.73 Å². The molecule has 0 spiro atoms. The summed E-state index contributed by atoms with van der Waals surface area (Å²) in [7, 11) is 0.